The Morgan fingerprint density at radius 2 is 1.67 bits per heavy atom. The highest BCUT2D eigenvalue weighted by Crippen LogP contribution is 2.17. The van der Waals surface area contributed by atoms with Crippen molar-refractivity contribution in [2.75, 3.05) is 0 Å². The van der Waals surface area contributed by atoms with Crippen LogP contribution in [0.2, 0.25) is 0 Å². The molecule has 128 valence electrons. The van der Waals surface area contributed by atoms with Gasteiger partial charge in [0.1, 0.15) is 5.75 Å². The highest BCUT2D eigenvalue weighted by atomic mass is 16.5. The highest BCUT2D eigenvalue weighted by molar-refractivity contribution is 5.81. The van der Waals surface area contributed by atoms with Crippen LogP contribution in [0.1, 0.15) is 37.0 Å². The van der Waals surface area contributed by atoms with Crippen LogP contribution in [0.5, 0.6) is 5.75 Å². The molecule has 0 saturated heterocycles. The maximum absolute atomic E-state index is 12.3. The number of carbonyl (C=O) groups excluding carboxylic acids is 1. The van der Waals surface area contributed by atoms with Crippen molar-refractivity contribution in [1.82, 2.24) is 5.32 Å². The van der Waals surface area contributed by atoms with Crippen LogP contribution in [0, 0.1) is 13.8 Å². The first-order chi connectivity index (χ1) is 11.4. The lowest BCUT2D eigenvalue weighted by Gasteiger charge is -2.19. The third kappa shape index (κ3) is 5.73. The lowest BCUT2D eigenvalue weighted by atomic mass is 10.1. The van der Waals surface area contributed by atoms with E-state index in [1.54, 1.807) is 6.92 Å². The number of carbonyl (C=O) groups is 1. The summed E-state index contributed by atoms with van der Waals surface area (Å²) in [5, 5.41) is 3.04. The van der Waals surface area contributed by atoms with Crippen molar-refractivity contribution >= 4 is 5.91 Å². The van der Waals surface area contributed by atoms with Crippen LogP contribution in [-0.4, -0.2) is 18.1 Å². The van der Waals surface area contributed by atoms with Gasteiger partial charge in [-0.3, -0.25) is 4.79 Å². The molecule has 0 aromatic heterocycles. The van der Waals surface area contributed by atoms with Crippen LogP contribution in [-0.2, 0) is 11.2 Å². The monoisotopic (exact) mass is 325 g/mol. The van der Waals surface area contributed by atoms with E-state index in [0.717, 1.165) is 29.7 Å². The van der Waals surface area contributed by atoms with Crippen molar-refractivity contribution < 1.29 is 9.53 Å². The Kier molecular flexibility index (Phi) is 6.42. The molecule has 0 bridgehead atoms. The SMILES string of the molecule is Cc1cc(C)cc(O[C@@H](C)C(=O)N[C@@H](C)CCc2ccccc2)c1. The molecule has 0 aliphatic carbocycles. The minimum Gasteiger partial charge on any atom is -0.481 e. The average Bonchev–Trinajstić information content (AvgIpc) is 2.53. The summed E-state index contributed by atoms with van der Waals surface area (Å²) in [5.74, 6) is 0.668. The molecule has 1 amide bonds. The van der Waals surface area contributed by atoms with Crippen molar-refractivity contribution in [2.24, 2.45) is 0 Å². The summed E-state index contributed by atoms with van der Waals surface area (Å²) in [6.45, 7) is 7.87. The van der Waals surface area contributed by atoms with Crippen molar-refractivity contribution in [3.05, 3.63) is 65.2 Å². The van der Waals surface area contributed by atoms with E-state index in [0.29, 0.717) is 0 Å². The average molecular weight is 325 g/mol. The lowest BCUT2D eigenvalue weighted by molar-refractivity contribution is -0.127. The summed E-state index contributed by atoms with van der Waals surface area (Å²) < 4.78 is 5.79. The molecule has 0 heterocycles. The normalized spacial score (nSPS) is 13.2. The molecule has 2 aromatic carbocycles. The molecule has 0 aliphatic heterocycles. The van der Waals surface area contributed by atoms with E-state index >= 15 is 0 Å². The van der Waals surface area contributed by atoms with Crippen LogP contribution < -0.4 is 10.1 Å². The zero-order valence-electron chi connectivity index (χ0n) is 15.0. The van der Waals surface area contributed by atoms with Crippen LogP contribution in [0.25, 0.3) is 0 Å². The van der Waals surface area contributed by atoms with Crippen molar-refractivity contribution in [2.45, 2.75) is 52.7 Å². The van der Waals surface area contributed by atoms with Gasteiger partial charge in [0, 0.05) is 6.04 Å². The molecule has 0 fully saturated rings. The molecule has 3 heteroatoms. The molecule has 2 rings (SSSR count). The van der Waals surface area contributed by atoms with Crippen molar-refractivity contribution in [3.63, 3.8) is 0 Å². The predicted octanol–water partition coefficient (Wildman–Crippen LogP) is 4.21. The number of rotatable bonds is 7. The number of amides is 1. The summed E-state index contributed by atoms with van der Waals surface area (Å²) in [6, 6.07) is 16.4. The van der Waals surface area contributed by atoms with Gasteiger partial charge < -0.3 is 10.1 Å². The fourth-order valence-electron chi connectivity index (χ4n) is 2.72. The van der Waals surface area contributed by atoms with E-state index < -0.39 is 6.10 Å². The smallest absolute Gasteiger partial charge is 0.260 e. The minimum atomic E-state index is -0.509. The highest BCUT2D eigenvalue weighted by Gasteiger charge is 2.17. The van der Waals surface area contributed by atoms with E-state index in [1.807, 2.05) is 51.1 Å². The quantitative estimate of drug-likeness (QED) is 0.828. The maximum Gasteiger partial charge on any atom is 0.260 e. The summed E-state index contributed by atoms with van der Waals surface area (Å²) in [5.41, 5.74) is 3.56. The van der Waals surface area contributed by atoms with Gasteiger partial charge in [0.15, 0.2) is 6.10 Å². The first-order valence-electron chi connectivity index (χ1n) is 8.53. The van der Waals surface area contributed by atoms with Crippen molar-refractivity contribution in [1.29, 1.82) is 0 Å². The zero-order chi connectivity index (χ0) is 17.5. The Morgan fingerprint density at radius 1 is 1.04 bits per heavy atom. The third-order valence-corrected chi connectivity index (χ3v) is 3.97. The maximum atomic E-state index is 12.3. The topological polar surface area (TPSA) is 38.3 Å². The van der Waals surface area contributed by atoms with E-state index in [9.17, 15) is 4.79 Å². The third-order valence-electron chi connectivity index (χ3n) is 3.97. The van der Waals surface area contributed by atoms with Crippen LogP contribution in [0.15, 0.2) is 48.5 Å². The molecule has 24 heavy (non-hydrogen) atoms. The molecule has 2 aromatic rings. The van der Waals surface area contributed by atoms with Gasteiger partial charge in [-0.05, 0) is 69.4 Å². The second-order valence-corrected chi connectivity index (χ2v) is 6.52. The van der Waals surface area contributed by atoms with E-state index in [1.165, 1.54) is 5.56 Å². The van der Waals surface area contributed by atoms with Crippen LogP contribution in [0.4, 0.5) is 0 Å². The van der Waals surface area contributed by atoms with Gasteiger partial charge in [0.25, 0.3) is 5.91 Å². The van der Waals surface area contributed by atoms with Gasteiger partial charge in [-0.25, -0.2) is 0 Å². The summed E-state index contributed by atoms with van der Waals surface area (Å²) >= 11 is 0. The van der Waals surface area contributed by atoms with E-state index in [-0.39, 0.29) is 11.9 Å². The largest absolute Gasteiger partial charge is 0.481 e. The predicted molar refractivity (Wildman–Crippen MR) is 98.4 cm³/mol. The molecule has 3 nitrogen and oxygen atoms in total. The van der Waals surface area contributed by atoms with Gasteiger partial charge in [0.05, 0.1) is 0 Å². The molecular weight excluding hydrogens is 298 g/mol. The van der Waals surface area contributed by atoms with E-state index in [2.05, 4.69) is 23.5 Å². The fourth-order valence-corrected chi connectivity index (χ4v) is 2.72. The lowest BCUT2D eigenvalue weighted by Crippen LogP contribution is -2.41. The van der Waals surface area contributed by atoms with Crippen LogP contribution >= 0.6 is 0 Å². The Bertz CT molecular complexity index is 647. The number of ether oxygens (including phenoxy) is 1. The molecule has 0 spiro atoms. The number of aryl methyl sites for hydroxylation is 3. The minimum absolute atomic E-state index is 0.0743. The van der Waals surface area contributed by atoms with Crippen molar-refractivity contribution in [3.8, 4) is 5.75 Å². The summed E-state index contributed by atoms with van der Waals surface area (Å²) in [7, 11) is 0. The summed E-state index contributed by atoms with van der Waals surface area (Å²) in [4.78, 5) is 12.3. The molecule has 2 atom stereocenters. The Balaban J connectivity index is 1.82. The zero-order valence-corrected chi connectivity index (χ0v) is 15.0. The molecule has 0 saturated carbocycles. The van der Waals surface area contributed by atoms with Gasteiger partial charge >= 0.3 is 0 Å². The molecule has 0 unspecified atom stereocenters. The Hall–Kier alpha value is -2.29. The first-order valence-corrected chi connectivity index (χ1v) is 8.53. The second-order valence-electron chi connectivity index (χ2n) is 6.52. The van der Waals surface area contributed by atoms with Gasteiger partial charge in [-0.1, -0.05) is 36.4 Å². The number of nitrogens with one attached hydrogen (secondary N) is 1. The summed E-state index contributed by atoms with van der Waals surface area (Å²) in [6.07, 6.45) is 1.35. The molecule has 0 aliphatic rings. The van der Waals surface area contributed by atoms with Gasteiger partial charge in [-0.2, -0.15) is 0 Å². The first kappa shape index (κ1) is 18.1. The number of hydrogen-bond donors (Lipinski definition) is 1. The molecular formula is C21H27NO2. The Morgan fingerprint density at radius 3 is 2.29 bits per heavy atom. The van der Waals surface area contributed by atoms with E-state index in [4.69, 9.17) is 4.74 Å². The van der Waals surface area contributed by atoms with Gasteiger partial charge in [-0.15, -0.1) is 0 Å². The number of hydrogen-bond acceptors (Lipinski definition) is 2. The fraction of sp³-hybridized carbons (Fsp3) is 0.381. The number of benzene rings is 2. The van der Waals surface area contributed by atoms with Gasteiger partial charge in [0.2, 0.25) is 0 Å². The molecule has 0 radical (unpaired) electrons. The Labute approximate surface area is 145 Å². The molecule has 1 N–H and O–H groups in total. The standard InChI is InChI=1S/C21H27NO2/c1-15-12-16(2)14-20(13-15)24-18(4)21(23)22-17(3)10-11-19-8-6-5-7-9-19/h5-9,12-14,17-18H,10-11H2,1-4H3,(H,22,23)/t17-,18-/m0/s1. The van der Waals surface area contributed by atoms with Crippen LogP contribution in [0.3, 0.4) is 0 Å². The second kappa shape index (κ2) is 8.53.